The van der Waals surface area contributed by atoms with Gasteiger partial charge in [-0.1, -0.05) is 41.9 Å². The number of nitrogens with zero attached hydrogens (tertiary/aromatic N) is 1. The van der Waals surface area contributed by atoms with E-state index < -0.39 is 12.0 Å². The molecule has 1 aromatic rings. The van der Waals surface area contributed by atoms with E-state index in [-0.39, 0.29) is 5.90 Å². The highest BCUT2D eigenvalue weighted by Gasteiger charge is 2.31. The molecule has 0 spiro atoms. The summed E-state index contributed by atoms with van der Waals surface area (Å²) in [6, 6.07) is 4.29. The number of halogens is 2. The zero-order valence-corrected chi connectivity index (χ0v) is 9.63. The molecule has 1 aliphatic heterocycles. The number of hydrogen-bond donors (Lipinski definition) is 0. The van der Waals surface area contributed by atoms with E-state index in [0.29, 0.717) is 15.6 Å². The minimum absolute atomic E-state index is 0.200. The summed E-state index contributed by atoms with van der Waals surface area (Å²) in [6.45, 7) is 3.48. The molecule has 0 bridgehead atoms. The van der Waals surface area contributed by atoms with Crippen molar-refractivity contribution < 1.29 is 9.53 Å². The SMILES string of the molecule is C=CC1=NC(c2cccc(Cl)c2Cl)C(=O)O1. The first-order valence-corrected chi connectivity index (χ1v) is 5.25. The number of carbonyl (C=O) groups is 1. The first-order chi connectivity index (χ1) is 7.63. The van der Waals surface area contributed by atoms with E-state index in [1.54, 1.807) is 18.2 Å². The minimum atomic E-state index is -0.751. The lowest BCUT2D eigenvalue weighted by molar-refractivity contribution is -0.135. The van der Waals surface area contributed by atoms with Crippen molar-refractivity contribution in [2.75, 3.05) is 0 Å². The molecule has 0 aliphatic carbocycles. The van der Waals surface area contributed by atoms with Crippen LogP contribution in [-0.4, -0.2) is 11.9 Å². The predicted octanol–water partition coefficient (Wildman–Crippen LogP) is 3.18. The Morgan fingerprint density at radius 2 is 2.19 bits per heavy atom. The second-order valence-corrected chi connectivity index (χ2v) is 3.92. The van der Waals surface area contributed by atoms with Gasteiger partial charge in [0.1, 0.15) is 0 Å². The highest BCUT2D eigenvalue weighted by atomic mass is 35.5. The minimum Gasteiger partial charge on any atom is -0.406 e. The van der Waals surface area contributed by atoms with Crippen molar-refractivity contribution in [3.8, 4) is 0 Å². The van der Waals surface area contributed by atoms with Crippen LogP contribution in [0.15, 0.2) is 35.8 Å². The quantitative estimate of drug-likeness (QED) is 0.762. The summed E-state index contributed by atoms with van der Waals surface area (Å²) >= 11 is 11.9. The predicted molar refractivity (Wildman–Crippen MR) is 62.9 cm³/mol. The smallest absolute Gasteiger partial charge is 0.342 e. The van der Waals surface area contributed by atoms with Gasteiger partial charge in [-0.3, -0.25) is 0 Å². The average Bonchev–Trinajstić information content (AvgIpc) is 2.64. The first kappa shape index (κ1) is 11.2. The summed E-state index contributed by atoms with van der Waals surface area (Å²) in [5.74, 6) is -0.273. The fourth-order valence-corrected chi connectivity index (χ4v) is 1.80. The van der Waals surface area contributed by atoms with Crippen molar-refractivity contribution in [3.63, 3.8) is 0 Å². The third kappa shape index (κ3) is 1.84. The lowest BCUT2D eigenvalue weighted by Crippen LogP contribution is -2.08. The second kappa shape index (κ2) is 4.28. The Morgan fingerprint density at radius 1 is 1.44 bits per heavy atom. The molecule has 0 saturated carbocycles. The van der Waals surface area contributed by atoms with Crippen molar-refractivity contribution >= 4 is 35.1 Å². The molecule has 2 rings (SSSR count). The van der Waals surface area contributed by atoms with Gasteiger partial charge in [0.05, 0.1) is 10.0 Å². The number of benzene rings is 1. The molecule has 1 aromatic carbocycles. The van der Waals surface area contributed by atoms with Gasteiger partial charge in [0.2, 0.25) is 5.90 Å². The molecule has 82 valence electrons. The zero-order valence-electron chi connectivity index (χ0n) is 8.11. The summed E-state index contributed by atoms with van der Waals surface area (Å²) in [5, 5.41) is 0.703. The van der Waals surface area contributed by atoms with E-state index in [2.05, 4.69) is 11.6 Å². The maximum absolute atomic E-state index is 11.5. The van der Waals surface area contributed by atoms with Crippen LogP contribution in [0.2, 0.25) is 10.0 Å². The van der Waals surface area contributed by atoms with Gasteiger partial charge in [-0.05, 0) is 12.1 Å². The van der Waals surface area contributed by atoms with Crippen LogP contribution in [0, 0.1) is 0 Å². The van der Waals surface area contributed by atoms with Crippen LogP contribution in [0.4, 0.5) is 0 Å². The molecule has 1 aliphatic rings. The highest BCUT2D eigenvalue weighted by Crippen LogP contribution is 2.34. The third-order valence-electron chi connectivity index (χ3n) is 2.14. The Morgan fingerprint density at radius 3 is 2.81 bits per heavy atom. The summed E-state index contributed by atoms with van der Waals surface area (Å²) < 4.78 is 4.86. The molecular formula is C11H7Cl2NO2. The molecule has 3 nitrogen and oxygen atoms in total. The van der Waals surface area contributed by atoms with E-state index in [9.17, 15) is 4.79 Å². The van der Waals surface area contributed by atoms with Gasteiger partial charge in [0, 0.05) is 5.56 Å². The molecular weight excluding hydrogens is 249 g/mol. The van der Waals surface area contributed by atoms with E-state index in [1.807, 2.05) is 0 Å². The molecule has 0 N–H and O–H groups in total. The van der Waals surface area contributed by atoms with Crippen LogP contribution in [0.3, 0.4) is 0 Å². The fourth-order valence-electron chi connectivity index (χ4n) is 1.39. The Hall–Kier alpha value is -1.32. The largest absolute Gasteiger partial charge is 0.406 e. The van der Waals surface area contributed by atoms with Gasteiger partial charge in [-0.2, -0.15) is 0 Å². The number of carbonyl (C=O) groups excluding carboxylic acids is 1. The average molecular weight is 256 g/mol. The lowest BCUT2D eigenvalue weighted by Gasteiger charge is -2.07. The Kier molecular flexibility index (Phi) is 2.99. The molecule has 16 heavy (non-hydrogen) atoms. The molecule has 0 saturated heterocycles. The van der Waals surface area contributed by atoms with E-state index in [1.165, 1.54) is 6.08 Å². The van der Waals surface area contributed by atoms with Crippen LogP contribution in [0.25, 0.3) is 0 Å². The molecule has 1 heterocycles. The van der Waals surface area contributed by atoms with Crippen LogP contribution in [0.1, 0.15) is 11.6 Å². The molecule has 1 unspecified atom stereocenters. The van der Waals surface area contributed by atoms with Crippen LogP contribution in [-0.2, 0) is 9.53 Å². The number of rotatable bonds is 2. The van der Waals surface area contributed by atoms with Crippen LogP contribution >= 0.6 is 23.2 Å². The molecule has 1 atom stereocenters. The fraction of sp³-hybridized carbons (Fsp3) is 0.0909. The summed E-state index contributed by atoms with van der Waals surface area (Å²) in [7, 11) is 0. The highest BCUT2D eigenvalue weighted by molar-refractivity contribution is 6.42. The van der Waals surface area contributed by atoms with Crippen molar-refractivity contribution in [1.29, 1.82) is 0 Å². The van der Waals surface area contributed by atoms with Crippen molar-refractivity contribution in [3.05, 3.63) is 46.5 Å². The first-order valence-electron chi connectivity index (χ1n) is 4.49. The topological polar surface area (TPSA) is 38.7 Å². The maximum Gasteiger partial charge on any atom is 0.342 e. The normalized spacial score (nSPS) is 19.2. The number of ether oxygens (including phenoxy) is 1. The molecule has 0 amide bonds. The summed E-state index contributed by atoms with van der Waals surface area (Å²) in [4.78, 5) is 15.6. The summed E-state index contributed by atoms with van der Waals surface area (Å²) in [6.07, 6.45) is 1.37. The third-order valence-corrected chi connectivity index (χ3v) is 2.97. The van der Waals surface area contributed by atoms with Gasteiger partial charge in [-0.15, -0.1) is 0 Å². The Bertz CT molecular complexity index is 497. The Balaban J connectivity index is 2.45. The number of cyclic esters (lactones) is 1. The zero-order chi connectivity index (χ0) is 11.7. The molecule has 0 aromatic heterocycles. The second-order valence-electron chi connectivity index (χ2n) is 3.14. The van der Waals surface area contributed by atoms with Crippen molar-refractivity contribution in [1.82, 2.24) is 0 Å². The van der Waals surface area contributed by atoms with E-state index in [0.717, 1.165) is 0 Å². The lowest BCUT2D eigenvalue weighted by atomic mass is 10.1. The Labute approximate surface area is 102 Å². The van der Waals surface area contributed by atoms with Crippen molar-refractivity contribution in [2.45, 2.75) is 6.04 Å². The van der Waals surface area contributed by atoms with Gasteiger partial charge in [0.15, 0.2) is 6.04 Å². The van der Waals surface area contributed by atoms with Crippen LogP contribution < -0.4 is 0 Å². The van der Waals surface area contributed by atoms with Gasteiger partial charge in [0.25, 0.3) is 0 Å². The van der Waals surface area contributed by atoms with E-state index >= 15 is 0 Å². The van der Waals surface area contributed by atoms with E-state index in [4.69, 9.17) is 27.9 Å². The van der Waals surface area contributed by atoms with Crippen LogP contribution in [0.5, 0.6) is 0 Å². The monoisotopic (exact) mass is 255 g/mol. The number of hydrogen-bond acceptors (Lipinski definition) is 3. The van der Waals surface area contributed by atoms with Crippen molar-refractivity contribution in [2.24, 2.45) is 4.99 Å². The van der Waals surface area contributed by atoms with Gasteiger partial charge < -0.3 is 4.74 Å². The molecule has 0 fully saturated rings. The number of esters is 1. The van der Waals surface area contributed by atoms with Gasteiger partial charge in [-0.25, -0.2) is 9.79 Å². The molecule has 5 heteroatoms. The van der Waals surface area contributed by atoms with Gasteiger partial charge >= 0.3 is 5.97 Å². The standard InChI is InChI=1S/C11H7Cl2NO2/c1-2-8-14-10(11(15)16-8)6-4-3-5-7(12)9(6)13/h2-5,10H,1H2. The molecule has 0 radical (unpaired) electrons. The summed E-state index contributed by atoms with van der Waals surface area (Å²) in [5.41, 5.74) is 0.538. The maximum atomic E-state index is 11.5. The number of aliphatic imine (C=N–C) groups is 1.